The highest BCUT2D eigenvalue weighted by Crippen LogP contribution is 2.14. The first kappa shape index (κ1) is 10.0. The molecule has 0 aliphatic rings. The topological polar surface area (TPSA) is 96.0 Å². The number of aromatic nitrogens is 4. The maximum Gasteiger partial charge on any atom is 0.356 e. The van der Waals surface area contributed by atoms with Crippen molar-refractivity contribution in [2.45, 2.75) is 0 Å². The first-order chi connectivity index (χ1) is 7.70. The summed E-state index contributed by atoms with van der Waals surface area (Å²) in [6.07, 6.45) is 0. The Labute approximate surface area is 89.6 Å². The van der Waals surface area contributed by atoms with Crippen molar-refractivity contribution in [1.82, 2.24) is 20.2 Å². The summed E-state index contributed by atoms with van der Waals surface area (Å²) in [6, 6.07) is 5.92. The van der Waals surface area contributed by atoms with Gasteiger partial charge in [-0.15, -0.1) is 4.80 Å². The molecule has 82 valence electrons. The lowest BCUT2D eigenvalue weighted by molar-refractivity contribution is -0.384. The van der Waals surface area contributed by atoms with Crippen LogP contribution in [0.3, 0.4) is 0 Å². The molecule has 2 aromatic rings. The van der Waals surface area contributed by atoms with E-state index in [0.717, 1.165) is 0 Å². The van der Waals surface area contributed by atoms with Crippen LogP contribution < -0.4 is 4.74 Å². The molecule has 0 saturated carbocycles. The second kappa shape index (κ2) is 3.93. The fourth-order valence-corrected chi connectivity index (χ4v) is 1.10. The number of methoxy groups -OCH3 is 1. The van der Waals surface area contributed by atoms with E-state index in [4.69, 9.17) is 4.74 Å². The normalized spacial score (nSPS) is 10.1. The van der Waals surface area contributed by atoms with Gasteiger partial charge in [-0.3, -0.25) is 10.1 Å². The molecule has 2 rings (SSSR count). The van der Waals surface area contributed by atoms with E-state index in [1.807, 2.05) is 0 Å². The molecule has 0 amide bonds. The van der Waals surface area contributed by atoms with E-state index in [1.54, 1.807) is 0 Å². The van der Waals surface area contributed by atoms with Gasteiger partial charge in [0, 0.05) is 12.1 Å². The Balaban J connectivity index is 2.30. The summed E-state index contributed by atoms with van der Waals surface area (Å²) in [7, 11) is 1.43. The predicted octanol–water partition coefficient (Wildman–Crippen LogP) is 0.579. The second-order valence-electron chi connectivity index (χ2n) is 2.84. The van der Waals surface area contributed by atoms with Gasteiger partial charge in [-0.1, -0.05) is 10.2 Å². The molecule has 16 heavy (non-hydrogen) atoms. The SMILES string of the molecule is COc1nnn(-c2ccc([N+](=O)[O-])cc2)n1. The molecule has 1 aromatic carbocycles. The summed E-state index contributed by atoms with van der Waals surface area (Å²) in [4.78, 5) is 11.2. The van der Waals surface area contributed by atoms with Crippen LogP contribution >= 0.6 is 0 Å². The van der Waals surface area contributed by atoms with Crippen LogP contribution in [0.1, 0.15) is 0 Å². The average molecular weight is 221 g/mol. The summed E-state index contributed by atoms with van der Waals surface area (Å²) >= 11 is 0. The van der Waals surface area contributed by atoms with Gasteiger partial charge in [0.1, 0.15) is 0 Å². The fraction of sp³-hybridized carbons (Fsp3) is 0.125. The largest absolute Gasteiger partial charge is 0.465 e. The van der Waals surface area contributed by atoms with E-state index in [2.05, 4.69) is 15.4 Å². The third-order valence-corrected chi connectivity index (χ3v) is 1.87. The van der Waals surface area contributed by atoms with Gasteiger partial charge in [-0.25, -0.2) is 0 Å². The van der Waals surface area contributed by atoms with Crippen molar-refractivity contribution in [3.8, 4) is 11.7 Å². The molecule has 0 bridgehead atoms. The smallest absolute Gasteiger partial charge is 0.356 e. The number of rotatable bonds is 3. The van der Waals surface area contributed by atoms with Crippen LogP contribution in [-0.4, -0.2) is 32.2 Å². The van der Waals surface area contributed by atoms with Crippen LogP contribution in [0, 0.1) is 10.1 Å². The summed E-state index contributed by atoms with van der Waals surface area (Å²) in [5.74, 6) is 0. The molecule has 0 atom stereocenters. The van der Waals surface area contributed by atoms with Gasteiger partial charge in [0.05, 0.1) is 17.7 Å². The first-order valence-electron chi connectivity index (χ1n) is 4.29. The van der Waals surface area contributed by atoms with Crippen molar-refractivity contribution < 1.29 is 9.66 Å². The number of ether oxygens (including phenoxy) is 1. The highest BCUT2D eigenvalue weighted by molar-refractivity contribution is 5.39. The van der Waals surface area contributed by atoms with Crippen LogP contribution in [0.25, 0.3) is 5.69 Å². The Morgan fingerprint density at radius 3 is 2.56 bits per heavy atom. The summed E-state index contributed by atoms with van der Waals surface area (Å²) in [5, 5.41) is 21.6. The number of benzene rings is 1. The number of nitrogens with zero attached hydrogens (tertiary/aromatic N) is 5. The van der Waals surface area contributed by atoms with Crippen molar-refractivity contribution in [3.05, 3.63) is 34.4 Å². The van der Waals surface area contributed by atoms with Crippen molar-refractivity contribution in [2.24, 2.45) is 0 Å². The zero-order chi connectivity index (χ0) is 11.5. The standard InChI is InChI=1S/C8H7N5O3/c1-16-8-9-11-12(10-8)6-2-4-7(5-3-6)13(14)15/h2-5H,1H3. The number of hydrogen-bond acceptors (Lipinski definition) is 6. The first-order valence-corrected chi connectivity index (χ1v) is 4.29. The van der Waals surface area contributed by atoms with E-state index in [-0.39, 0.29) is 11.7 Å². The van der Waals surface area contributed by atoms with Gasteiger partial charge in [0.25, 0.3) is 5.69 Å². The third-order valence-electron chi connectivity index (χ3n) is 1.87. The Morgan fingerprint density at radius 2 is 2.06 bits per heavy atom. The fourth-order valence-electron chi connectivity index (χ4n) is 1.10. The minimum absolute atomic E-state index is 0.0100. The molecule has 0 unspecified atom stereocenters. The van der Waals surface area contributed by atoms with E-state index in [9.17, 15) is 10.1 Å². The monoisotopic (exact) mass is 221 g/mol. The Bertz CT molecular complexity index is 507. The molecule has 0 fully saturated rings. The molecule has 0 aliphatic heterocycles. The molecule has 0 saturated heterocycles. The molecule has 0 spiro atoms. The molecular formula is C8H7N5O3. The van der Waals surface area contributed by atoms with Crippen LogP contribution in [0.4, 0.5) is 5.69 Å². The summed E-state index contributed by atoms with van der Waals surface area (Å²) < 4.78 is 4.76. The minimum atomic E-state index is -0.473. The van der Waals surface area contributed by atoms with Crippen molar-refractivity contribution >= 4 is 5.69 Å². The molecule has 8 nitrogen and oxygen atoms in total. The number of hydrogen-bond donors (Lipinski definition) is 0. The number of tetrazole rings is 1. The lowest BCUT2D eigenvalue weighted by Gasteiger charge is -1.96. The molecule has 1 aromatic heterocycles. The van der Waals surface area contributed by atoms with Gasteiger partial charge in [-0.2, -0.15) is 0 Å². The van der Waals surface area contributed by atoms with Crippen LogP contribution in [0.2, 0.25) is 0 Å². The van der Waals surface area contributed by atoms with Gasteiger partial charge in [0.15, 0.2) is 0 Å². The highest BCUT2D eigenvalue weighted by atomic mass is 16.6. The van der Waals surface area contributed by atoms with Crippen molar-refractivity contribution in [1.29, 1.82) is 0 Å². The van der Waals surface area contributed by atoms with E-state index in [1.165, 1.54) is 36.2 Å². The summed E-state index contributed by atoms with van der Waals surface area (Å²) in [6.45, 7) is 0. The quantitative estimate of drug-likeness (QED) is 0.555. The van der Waals surface area contributed by atoms with Crippen LogP contribution in [0.15, 0.2) is 24.3 Å². The zero-order valence-corrected chi connectivity index (χ0v) is 8.27. The third kappa shape index (κ3) is 1.80. The maximum atomic E-state index is 10.4. The van der Waals surface area contributed by atoms with Crippen LogP contribution in [-0.2, 0) is 0 Å². The zero-order valence-electron chi connectivity index (χ0n) is 8.27. The molecule has 1 heterocycles. The van der Waals surface area contributed by atoms with Gasteiger partial charge < -0.3 is 4.74 Å². The Hall–Kier alpha value is -2.51. The van der Waals surface area contributed by atoms with Crippen LogP contribution in [0.5, 0.6) is 6.01 Å². The van der Waals surface area contributed by atoms with Gasteiger partial charge in [-0.05, 0) is 17.3 Å². The van der Waals surface area contributed by atoms with Gasteiger partial charge >= 0.3 is 6.01 Å². The summed E-state index contributed by atoms with van der Waals surface area (Å²) in [5.41, 5.74) is 0.581. The Morgan fingerprint density at radius 1 is 1.38 bits per heavy atom. The van der Waals surface area contributed by atoms with E-state index >= 15 is 0 Å². The predicted molar refractivity (Wildman–Crippen MR) is 52.4 cm³/mol. The molecule has 8 heteroatoms. The lowest BCUT2D eigenvalue weighted by Crippen LogP contribution is -1.99. The lowest BCUT2D eigenvalue weighted by atomic mass is 10.3. The number of nitro benzene ring substituents is 1. The molecule has 0 radical (unpaired) electrons. The van der Waals surface area contributed by atoms with Crippen molar-refractivity contribution in [2.75, 3.05) is 7.11 Å². The molecule has 0 aliphatic carbocycles. The van der Waals surface area contributed by atoms with Gasteiger partial charge in [0.2, 0.25) is 0 Å². The average Bonchev–Trinajstić information content (AvgIpc) is 2.77. The minimum Gasteiger partial charge on any atom is -0.465 e. The molecular weight excluding hydrogens is 214 g/mol. The molecule has 0 N–H and O–H groups in total. The van der Waals surface area contributed by atoms with Crippen molar-refractivity contribution in [3.63, 3.8) is 0 Å². The number of non-ortho nitro benzene ring substituents is 1. The second-order valence-corrected chi connectivity index (χ2v) is 2.84. The van der Waals surface area contributed by atoms with E-state index in [0.29, 0.717) is 5.69 Å². The van der Waals surface area contributed by atoms with E-state index < -0.39 is 4.92 Å². The Kier molecular flexibility index (Phi) is 2.46. The highest BCUT2D eigenvalue weighted by Gasteiger charge is 2.07. The number of nitro groups is 1. The maximum absolute atomic E-state index is 10.4.